The molecule has 7 nitrogen and oxygen atoms in total. The van der Waals surface area contributed by atoms with Crippen molar-refractivity contribution in [3.05, 3.63) is 30.6 Å². The van der Waals surface area contributed by atoms with Crippen LogP contribution < -0.4 is 4.72 Å². The van der Waals surface area contributed by atoms with Crippen molar-refractivity contribution in [1.29, 1.82) is 0 Å². The molecule has 3 rings (SSSR count). The average molecular weight is 310 g/mol. The number of pyridine rings is 1. The highest BCUT2D eigenvalue weighted by molar-refractivity contribution is 7.89. The molecule has 0 unspecified atom stereocenters. The Hall–Kier alpha value is -1.48. The average Bonchev–Trinajstić information content (AvgIpc) is 2.93. The van der Waals surface area contributed by atoms with Crippen molar-refractivity contribution >= 4 is 15.7 Å². The van der Waals surface area contributed by atoms with Gasteiger partial charge in [-0.05, 0) is 12.1 Å². The largest absolute Gasteiger partial charge is 0.379 e. The maximum Gasteiger partial charge on any atom is 0.258 e. The number of sulfonamides is 1. The molecule has 0 bridgehead atoms. The second kappa shape index (κ2) is 6.10. The third-order valence-corrected chi connectivity index (χ3v) is 4.92. The Kier molecular flexibility index (Phi) is 4.20. The van der Waals surface area contributed by atoms with Crippen LogP contribution in [0.4, 0.5) is 0 Å². The molecule has 21 heavy (non-hydrogen) atoms. The van der Waals surface area contributed by atoms with Gasteiger partial charge < -0.3 is 4.74 Å². The van der Waals surface area contributed by atoms with E-state index in [0.717, 1.165) is 13.1 Å². The third kappa shape index (κ3) is 3.24. The molecule has 0 aliphatic carbocycles. The van der Waals surface area contributed by atoms with E-state index >= 15 is 0 Å². The number of ether oxygens (including phenoxy) is 1. The third-order valence-electron chi connectivity index (χ3n) is 3.48. The van der Waals surface area contributed by atoms with Crippen molar-refractivity contribution in [3.63, 3.8) is 0 Å². The maximum atomic E-state index is 12.3. The number of fused-ring (bicyclic) bond motifs is 1. The summed E-state index contributed by atoms with van der Waals surface area (Å²) in [6.45, 7) is 4.16. The minimum atomic E-state index is -3.55. The van der Waals surface area contributed by atoms with Crippen LogP contribution in [0.3, 0.4) is 0 Å². The minimum Gasteiger partial charge on any atom is -0.379 e. The van der Waals surface area contributed by atoms with Crippen LogP contribution in [0.5, 0.6) is 0 Å². The number of aromatic nitrogens is 2. The molecule has 0 spiro atoms. The fraction of sp³-hybridized carbons (Fsp3) is 0.462. The number of morpholine rings is 1. The molecule has 8 heteroatoms. The number of nitrogens with zero attached hydrogens (tertiary/aromatic N) is 3. The molecule has 0 saturated carbocycles. The first-order chi connectivity index (χ1) is 10.2. The number of rotatable bonds is 5. The van der Waals surface area contributed by atoms with Gasteiger partial charge in [0.1, 0.15) is 5.65 Å². The molecule has 3 heterocycles. The summed E-state index contributed by atoms with van der Waals surface area (Å²) >= 11 is 0. The summed E-state index contributed by atoms with van der Waals surface area (Å²) in [6, 6.07) is 5.37. The van der Waals surface area contributed by atoms with E-state index in [1.807, 2.05) is 6.07 Å². The number of imidazole rings is 1. The predicted molar refractivity (Wildman–Crippen MR) is 77.6 cm³/mol. The zero-order chi connectivity index (χ0) is 14.7. The highest BCUT2D eigenvalue weighted by Crippen LogP contribution is 2.11. The Morgan fingerprint density at radius 2 is 2.10 bits per heavy atom. The van der Waals surface area contributed by atoms with E-state index in [0.29, 0.717) is 32.0 Å². The van der Waals surface area contributed by atoms with E-state index in [1.54, 1.807) is 22.7 Å². The Labute approximate surface area is 123 Å². The first-order valence-electron chi connectivity index (χ1n) is 6.89. The summed E-state index contributed by atoms with van der Waals surface area (Å²) in [5.74, 6) is 0. The quantitative estimate of drug-likeness (QED) is 0.838. The maximum absolute atomic E-state index is 12.3. The van der Waals surface area contributed by atoms with Gasteiger partial charge in [-0.1, -0.05) is 6.07 Å². The Balaban J connectivity index is 1.66. The molecular formula is C13H18N4O3S. The lowest BCUT2D eigenvalue weighted by Crippen LogP contribution is -2.41. The molecule has 1 aliphatic heterocycles. The van der Waals surface area contributed by atoms with Gasteiger partial charge in [-0.2, -0.15) is 0 Å². The van der Waals surface area contributed by atoms with Crippen molar-refractivity contribution in [2.24, 2.45) is 0 Å². The molecule has 1 saturated heterocycles. The second-order valence-corrected chi connectivity index (χ2v) is 6.59. The summed E-state index contributed by atoms with van der Waals surface area (Å²) in [7, 11) is -3.55. The highest BCUT2D eigenvalue weighted by Gasteiger charge is 2.19. The molecule has 1 N–H and O–H groups in total. The van der Waals surface area contributed by atoms with Gasteiger partial charge in [0.05, 0.1) is 19.4 Å². The SMILES string of the molecule is O=S(=O)(NCCN1CCOCC1)c1cnc2ccccn12. The van der Waals surface area contributed by atoms with Crippen LogP contribution >= 0.6 is 0 Å². The zero-order valence-corrected chi connectivity index (χ0v) is 12.4. The van der Waals surface area contributed by atoms with Crippen LogP contribution in [-0.2, 0) is 14.8 Å². The molecule has 2 aromatic rings. The summed E-state index contributed by atoms with van der Waals surface area (Å²) in [4.78, 5) is 6.28. The van der Waals surface area contributed by atoms with Crippen molar-refractivity contribution in [3.8, 4) is 0 Å². The van der Waals surface area contributed by atoms with Crippen LogP contribution in [-0.4, -0.2) is 62.1 Å². The molecule has 114 valence electrons. The lowest BCUT2D eigenvalue weighted by atomic mass is 10.4. The standard InChI is InChI=1S/C13H18N4O3S/c18-21(19,15-4-6-16-7-9-20-10-8-16)13-11-14-12-3-1-2-5-17(12)13/h1-3,5,11,15H,4,6-10H2. The molecule has 0 aromatic carbocycles. The van der Waals surface area contributed by atoms with Gasteiger partial charge >= 0.3 is 0 Å². The smallest absolute Gasteiger partial charge is 0.258 e. The van der Waals surface area contributed by atoms with E-state index in [9.17, 15) is 8.42 Å². The van der Waals surface area contributed by atoms with Gasteiger partial charge in [-0.3, -0.25) is 9.30 Å². The van der Waals surface area contributed by atoms with Crippen LogP contribution in [0, 0.1) is 0 Å². The van der Waals surface area contributed by atoms with Crippen molar-refractivity contribution in [2.45, 2.75) is 5.03 Å². The van der Waals surface area contributed by atoms with Crippen LogP contribution in [0.25, 0.3) is 5.65 Å². The normalized spacial score (nSPS) is 17.3. The van der Waals surface area contributed by atoms with Crippen LogP contribution in [0.1, 0.15) is 0 Å². The molecule has 2 aromatic heterocycles. The van der Waals surface area contributed by atoms with Crippen molar-refractivity contribution in [2.75, 3.05) is 39.4 Å². The second-order valence-electron chi connectivity index (χ2n) is 4.88. The lowest BCUT2D eigenvalue weighted by Gasteiger charge is -2.26. The van der Waals surface area contributed by atoms with Crippen LogP contribution in [0.2, 0.25) is 0 Å². The fourth-order valence-electron chi connectivity index (χ4n) is 2.34. The number of nitrogens with one attached hydrogen (secondary N) is 1. The number of hydrogen-bond donors (Lipinski definition) is 1. The predicted octanol–water partition coefficient (Wildman–Crippen LogP) is -0.0552. The Bertz CT molecular complexity index is 707. The summed E-state index contributed by atoms with van der Waals surface area (Å²) in [5.41, 5.74) is 0.617. The molecule has 1 aliphatic rings. The fourth-order valence-corrected chi connectivity index (χ4v) is 3.46. The molecule has 0 amide bonds. The van der Waals surface area contributed by atoms with E-state index in [-0.39, 0.29) is 5.03 Å². The Morgan fingerprint density at radius 1 is 1.29 bits per heavy atom. The van der Waals surface area contributed by atoms with Gasteiger partial charge in [0.25, 0.3) is 10.0 Å². The summed E-state index contributed by atoms with van der Waals surface area (Å²) < 4.78 is 34.1. The van der Waals surface area contributed by atoms with Gasteiger partial charge in [0, 0.05) is 32.4 Å². The molecular weight excluding hydrogens is 292 g/mol. The van der Waals surface area contributed by atoms with Gasteiger partial charge in [0.15, 0.2) is 5.03 Å². The van der Waals surface area contributed by atoms with Gasteiger partial charge in [-0.15, -0.1) is 0 Å². The van der Waals surface area contributed by atoms with E-state index in [4.69, 9.17) is 4.74 Å². The zero-order valence-electron chi connectivity index (χ0n) is 11.6. The topological polar surface area (TPSA) is 75.9 Å². The van der Waals surface area contributed by atoms with Gasteiger partial charge in [0.2, 0.25) is 0 Å². The molecule has 0 atom stereocenters. The molecule has 0 radical (unpaired) electrons. The monoisotopic (exact) mass is 310 g/mol. The molecule has 1 fully saturated rings. The van der Waals surface area contributed by atoms with E-state index in [2.05, 4.69) is 14.6 Å². The van der Waals surface area contributed by atoms with Crippen LogP contribution in [0.15, 0.2) is 35.6 Å². The summed E-state index contributed by atoms with van der Waals surface area (Å²) in [6.07, 6.45) is 3.07. The minimum absolute atomic E-state index is 0.167. The van der Waals surface area contributed by atoms with Crippen molar-refractivity contribution < 1.29 is 13.2 Å². The number of hydrogen-bond acceptors (Lipinski definition) is 5. The first-order valence-corrected chi connectivity index (χ1v) is 8.37. The van der Waals surface area contributed by atoms with E-state index in [1.165, 1.54) is 6.20 Å². The highest BCUT2D eigenvalue weighted by atomic mass is 32.2. The van der Waals surface area contributed by atoms with E-state index < -0.39 is 10.0 Å². The summed E-state index contributed by atoms with van der Waals surface area (Å²) in [5, 5.41) is 0.167. The first kappa shape index (κ1) is 14.5. The van der Waals surface area contributed by atoms with Gasteiger partial charge in [-0.25, -0.2) is 18.1 Å². The Morgan fingerprint density at radius 3 is 2.90 bits per heavy atom. The van der Waals surface area contributed by atoms with Crippen molar-refractivity contribution in [1.82, 2.24) is 19.0 Å². The lowest BCUT2D eigenvalue weighted by molar-refractivity contribution is 0.0390.